The summed E-state index contributed by atoms with van der Waals surface area (Å²) in [6.07, 6.45) is 3.60. The van der Waals surface area contributed by atoms with E-state index < -0.39 is 0 Å². The second kappa shape index (κ2) is 7.98. The molecule has 0 aliphatic carbocycles. The van der Waals surface area contributed by atoms with E-state index in [2.05, 4.69) is 83.0 Å². The number of hydrogen-bond donors (Lipinski definition) is 0. The van der Waals surface area contributed by atoms with E-state index in [1.54, 1.807) is 18.0 Å². The van der Waals surface area contributed by atoms with Crippen LogP contribution in [0.3, 0.4) is 0 Å². The van der Waals surface area contributed by atoms with Crippen molar-refractivity contribution in [3.63, 3.8) is 0 Å². The normalized spacial score (nSPS) is 11.0. The molecule has 0 N–H and O–H groups in total. The Labute approximate surface area is 169 Å². The third-order valence-electron chi connectivity index (χ3n) is 4.78. The molecule has 5 heteroatoms. The maximum Gasteiger partial charge on any atom is 0.196 e. The molecule has 28 heavy (non-hydrogen) atoms. The standard InChI is InChI=1S/C23H22N4S/c1-16-6-10-21(11-7-16)27-22(20-5-4-12-24-14-20)25-26-23(27)28-15-19-9-8-17(2)18(3)13-19/h4-14H,15H2,1-3H3. The van der Waals surface area contributed by atoms with E-state index in [1.807, 2.05) is 18.3 Å². The summed E-state index contributed by atoms with van der Waals surface area (Å²) in [5.74, 6) is 1.65. The molecule has 0 unspecified atom stereocenters. The van der Waals surface area contributed by atoms with E-state index in [0.717, 1.165) is 28.0 Å². The van der Waals surface area contributed by atoms with E-state index in [1.165, 1.54) is 22.3 Å². The first-order chi connectivity index (χ1) is 13.6. The van der Waals surface area contributed by atoms with Crippen LogP contribution in [0.4, 0.5) is 0 Å². The lowest BCUT2D eigenvalue weighted by Gasteiger charge is -2.11. The van der Waals surface area contributed by atoms with Crippen molar-refractivity contribution in [2.45, 2.75) is 31.7 Å². The predicted octanol–water partition coefficient (Wildman–Crippen LogP) is 5.55. The van der Waals surface area contributed by atoms with Gasteiger partial charge in [-0.05, 0) is 61.7 Å². The van der Waals surface area contributed by atoms with Gasteiger partial charge in [0.2, 0.25) is 0 Å². The van der Waals surface area contributed by atoms with Crippen molar-refractivity contribution in [2.24, 2.45) is 0 Å². The molecule has 0 bridgehead atoms. The van der Waals surface area contributed by atoms with Crippen molar-refractivity contribution in [3.05, 3.63) is 89.2 Å². The van der Waals surface area contributed by atoms with E-state index in [-0.39, 0.29) is 0 Å². The molecule has 4 aromatic rings. The number of hydrogen-bond acceptors (Lipinski definition) is 4. The van der Waals surface area contributed by atoms with Gasteiger partial charge in [-0.3, -0.25) is 9.55 Å². The Morgan fingerprint density at radius 1 is 0.893 bits per heavy atom. The summed E-state index contributed by atoms with van der Waals surface area (Å²) in [5, 5.41) is 9.85. The van der Waals surface area contributed by atoms with E-state index in [4.69, 9.17) is 0 Å². The van der Waals surface area contributed by atoms with Gasteiger partial charge in [0.1, 0.15) is 0 Å². The smallest absolute Gasteiger partial charge is 0.196 e. The lowest BCUT2D eigenvalue weighted by molar-refractivity contribution is 0.885. The molecule has 2 aromatic carbocycles. The number of aryl methyl sites for hydroxylation is 3. The van der Waals surface area contributed by atoms with Crippen LogP contribution in [0, 0.1) is 20.8 Å². The molecular formula is C23H22N4S. The fourth-order valence-corrected chi connectivity index (χ4v) is 3.91. The molecule has 0 spiro atoms. The van der Waals surface area contributed by atoms with Gasteiger partial charge in [-0.15, -0.1) is 10.2 Å². The topological polar surface area (TPSA) is 43.6 Å². The Bertz CT molecular complexity index is 1090. The van der Waals surface area contributed by atoms with Crippen LogP contribution in [0.2, 0.25) is 0 Å². The molecule has 4 nitrogen and oxygen atoms in total. The van der Waals surface area contributed by atoms with E-state index in [9.17, 15) is 0 Å². The van der Waals surface area contributed by atoms with Gasteiger partial charge in [-0.1, -0.05) is 47.7 Å². The van der Waals surface area contributed by atoms with Crippen molar-refractivity contribution in [1.29, 1.82) is 0 Å². The minimum Gasteiger partial charge on any atom is -0.270 e. The van der Waals surface area contributed by atoms with Crippen LogP contribution in [0.15, 0.2) is 72.1 Å². The zero-order chi connectivity index (χ0) is 19.5. The van der Waals surface area contributed by atoms with E-state index >= 15 is 0 Å². The summed E-state index contributed by atoms with van der Waals surface area (Å²) >= 11 is 1.70. The van der Waals surface area contributed by atoms with Crippen LogP contribution in [0.25, 0.3) is 17.1 Å². The van der Waals surface area contributed by atoms with Crippen LogP contribution in [0.1, 0.15) is 22.3 Å². The second-order valence-electron chi connectivity index (χ2n) is 6.93. The molecular weight excluding hydrogens is 364 g/mol. The van der Waals surface area contributed by atoms with Gasteiger partial charge in [-0.25, -0.2) is 0 Å². The van der Waals surface area contributed by atoms with Crippen LogP contribution in [-0.4, -0.2) is 19.7 Å². The molecule has 2 aromatic heterocycles. The molecule has 0 amide bonds. The number of nitrogens with zero attached hydrogens (tertiary/aromatic N) is 4. The van der Waals surface area contributed by atoms with Crippen molar-refractivity contribution in [2.75, 3.05) is 0 Å². The summed E-state index contributed by atoms with van der Waals surface area (Å²) in [6.45, 7) is 6.38. The van der Waals surface area contributed by atoms with Gasteiger partial charge in [0.15, 0.2) is 11.0 Å². The van der Waals surface area contributed by atoms with Crippen molar-refractivity contribution in [1.82, 2.24) is 19.7 Å². The summed E-state index contributed by atoms with van der Waals surface area (Å²) in [7, 11) is 0. The molecule has 0 aliphatic rings. The lowest BCUT2D eigenvalue weighted by atomic mass is 10.1. The molecule has 0 aliphatic heterocycles. The highest BCUT2D eigenvalue weighted by Gasteiger charge is 2.16. The predicted molar refractivity (Wildman–Crippen MR) is 115 cm³/mol. The van der Waals surface area contributed by atoms with Crippen molar-refractivity contribution >= 4 is 11.8 Å². The highest BCUT2D eigenvalue weighted by molar-refractivity contribution is 7.98. The molecule has 0 fully saturated rings. The average molecular weight is 387 g/mol. The fraction of sp³-hybridized carbons (Fsp3) is 0.174. The number of pyridine rings is 1. The fourth-order valence-electron chi connectivity index (χ4n) is 3.01. The maximum atomic E-state index is 4.49. The zero-order valence-corrected chi connectivity index (χ0v) is 17.1. The van der Waals surface area contributed by atoms with Crippen LogP contribution in [0.5, 0.6) is 0 Å². The number of rotatable bonds is 5. The van der Waals surface area contributed by atoms with Gasteiger partial charge in [-0.2, -0.15) is 0 Å². The van der Waals surface area contributed by atoms with Gasteiger partial charge in [0.05, 0.1) is 0 Å². The van der Waals surface area contributed by atoms with Gasteiger partial charge in [0.25, 0.3) is 0 Å². The van der Waals surface area contributed by atoms with Gasteiger partial charge >= 0.3 is 0 Å². The minimum atomic E-state index is 0.805. The lowest BCUT2D eigenvalue weighted by Crippen LogP contribution is -2.00. The first-order valence-corrected chi connectivity index (χ1v) is 10.2. The Hall–Kier alpha value is -2.92. The number of aromatic nitrogens is 4. The van der Waals surface area contributed by atoms with Crippen LogP contribution >= 0.6 is 11.8 Å². The SMILES string of the molecule is Cc1ccc(-n2c(SCc3ccc(C)c(C)c3)nnc2-c2cccnc2)cc1. The highest BCUT2D eigenvalue weighted by atomic mass is 32.2. The molecule has 0 saturated carbocycles. The van der Waals surface area contributed by atoms with Crippen molar-refractivity contribution in [3.8, 4) is 17.1 Å². The zero-order valence-electron chi connectivity index (χ0n) is 16.3. The third-order valence-corrected chi connectivity index (χ3v) is 5.78. The van der Waals surface area contributed by atoms with E-state index in [0.29, 0.717) is 0 Å². The molecule has 2 heterocycles. The molecule has 4 rings (SSSR count). The Balaban J connectivity index is 1.71. The average Bonchev–Trinajstić information content (AvgIpc) is 3.14. The summed E-state index contributed by atoms with van der Waals surface area (Å²) in [5.41, 5.74) is 7.15. The molecule has 0 saturated heterocycles. The number of benzene rings is 2. The number of thioether (sulfide) groups is 1. The van der Waals surface area contributed by atoms with Gasteiger partial charge < -0.3 is 0 Å². The van der Waals surface area contributed by atoms with Crippen molar-refractivity contribution < 1.29 is 0 Å². The Kier molecular flexibility index (Phi) is 5.26. The third kappa shape index (κ3) is 3.85. The largest absolute Gasteiger partial charge is 0.270 e. The summed E-state index contributed by atoms with van der Waals surface area (Å²) in [4.78, 5) is 4.24. The van der Waals surface area contributed by atoms with Gasteiger partial charge in [0, 0.05) is 29.4 Å². The van der Waals surface area contributed by atoms with Crippen LogP contribution < -0.4 is 0 Å². The maximum absolute atomic E-state index is 4.49. The highest BCUT2D eigenvalue weighted by Crippen LogP contribution is 2.30. The molecule has 140 valence electrons. The van der Waals surface area contributed by atoms with Crippen LogP contribution in [-0.2, 0) is 5.75 Å². The summed E-state index contributed by atoms with van der Waals surface area (Å²) in [6, 6.07) is 19.0. The quantitative estimate of drug-likeness (QED) is 0.422. The Morgan fingerprint density at radius 2 is 1.71 bits per heavy atom. The Morgan fingerprint density at radius 3 is 2.43 bits per heavy atom. The molecule has 0 atom stereocenters. The first kappa shape index (κ1) is 18.4. The minimum absolute atomic E-state index is 0.805. The summed E-state index contributed by atoms with van der Waals surface area (Å²) < 4.78 is 2.11. The monoisotopic (exact) mass is 386 g/mol. The molecule has 0 radical (unpaired) electrons. The second-order valence-corrected chi connectivity index (χ2v) is 7.87. The first-order valence-electron chi connectivity index (χ1n) is 9.23.